The molecular formula is C15H17N3O2S. The summed E-state index contributed by atoms with van der Waals surface area (Å²) in [7, 11) is 0. The third kappa shape index (κ3) is 3.11. The summed E-state index contributed by atoms with van der Waals surface area (Å²) in [6.45, 7) is 3.98. The van der Waals surface area contributed by atoms with Crippen molar-refractivity contribution in [2.24, 2.45) is 0 Å². The fraction of sp³-hybridized carbons (Fsp3) is 0.400. The van der Waals surface area contributed by atoms with E-state index >= 15 is 0 Å². The Labute approximate surface area is 127 Å². The summed E-state index contributed by atoms with van der Waals surface area (Å²) in [5.74, 6) is -0.0218. The number of carbonyl (C=O) groups is 1. The van der Waals surface area contributed by atoms with Crippen LogP contribution in [0.3, 0.4) is 0 Å². The average Bonchev–Trinajstić information content (AvgIpc) is 2.91. The summed E-state index contributed by atoms with van der Waals surface area (Å²) in [5.41, 5.74) is 1.29. The van der Waals surface area contributed by atoms with E-state index < -0.39 is 0 Å². The van der Waals surface area contributed by atoms with Gasteiger partial charge in [-0.3, -0.25) is 9.78 Å². The van der Waals surface area contributed by atoms with Crippen molar-refractivity contribution in [3.05, 3.63) is 35.5 Å². The molecule has 0 spiro atoms. The highest BCUT2D eigenvalue weighted by Crippen LogP contribution is 2.23. The first-order valence-corrected chi connectivity index (χ1v) is 7.89. The number of pyridine rings is 1. The number of ether oxygens (including phenoxy) is 1. The van der Waals surface area contributed by atoms with Crippen molar-refractivity contribution >= 4 is 17.2 Å². The van der Waals surface area contributed by atoms with E-state index in [1.807, 2.05) is 28.5 Å². The zero-order chi connectivity index (χ0) is 14.7. The van der Waals surface area contributed by atoms with Crippen LogP contribution in [-0.2, 0) is 4.74 Å². The predicted octanol–water partition coefficient (Wildman–Crippen LogP) is 2.46. The van der Waals surface area contributed by atoms with E-state index in [2.05, 4.69) is 16.9 Å². The van der Waals surface area contributed by atoms with Crippen LogP contribution in [0.4, 0.5) is 0 Å². The van der Waals surface area contributed by atoms with Crippen LogP contribution in [0.2, 0.25) is 0 Å². The number of rotatable bonds is 2. The third-order valence-corrected chi connectivity index (χ3v) is 4.42. The van der Waals surface area contributed by atoms with Gasteiger partial charge >= 0.3 is 0 Å². The van der Waals surface area contributed by atoms with Crippen molar-refractivity contribution in [2.75, 3.05) is 19.8 Å². The molecule has 5 nitrogen and oxygen atoms in total. The maximum Gasteiger partial charge on any atom is 0.273 e. The van der Waals surface area contributed by atoms with Crippen LogP contribution < -0.4 is 0 Å². The second-order valence-corrected chi connectivity index (χ2v) is 5.86. The molecule has 1 aliphatic heterocycles. The molecule has 3 heterocycles. The van der Waals surface area contributed by atoms with E-state index in [4.69, 9.17) is 4.74 Å². The lowest BCUT2D eigenvalue weighted by Gasteiger charge is -2.25. The first-order chi connectivity index (χ1) is 10.3. The minimum Gasteiger partial charge on any atom is -0.380 e. The fourth-order valence-electron chi connectivity index (χ4n) is 2.32. The second-order valence-electron chi connectivity index (χ2n) is 5.00. The number of hydrogen-bond donors (Lipinski definition) is 0. The Balaban J connectivity index is 1.80. The van der Waals surface area contributed by atoms with Gasteiger partial charge in [-0.05, 0) is 25.5 Å². The van der Waals surface area contributed by atoms with Gasteiger partial charge in [0.1, 0.15) is 10.7 Å². The summed E-state index contributed by atoms with van der Waals surface area (Å²) in [6.07, 6.45) is 2.59. The van der Waals surface area contributed by atoms with Crippen LogP contribution in [0.1, 0.15) is 23.8 Å². The van der Waals surface area contributed by atoms with Gasteiger partial charge < -0.3 is 9.64 Å². The summed E-state index contributed by atoms with van der Waals surface area (Å²) >= 11 is 1.45. The van der Waals surface area contributed by atoms with Gasteiger partial charge in [0.05, 0.1) is 12.3 Å². The summed E-state index contributed by atoms with van der Waals surface area (Å²) in [6, 6.07) is 5.86. The number of thiazole rings is 1. The lowest BCUT2D eigenvalue weighted by Crippen LogP contribution is -2.39. The first kappa shape index (κ1) is 14.2. The van der Waals surface area contributed by atoms with Crippen LogP contribution in [-0.4, -0.2) is 46.6 Å². The standard InChI is InChI=1S/C15H17N3O2S/c1-11-5-8-20-9-7-18(11)15(19)13-10-21-14(17-13)12-4-2-3-6-16-12/h2-4,6,10-11H,5,7-9H2,1H3. The van der Waals surface area contributed by atoms with Gasteiger partial charge in [0.2, 0.25) is 0 Å². The molecule has 1 atom stereocenters. The largest absolute Gasteiger partial charge is 0.380 e. The molecule has 1 fully saturated rings. The van der Waals surface area contributed by atoms with Gasteiger partial charge in [0.25, 0.3) is 5.91 Å². The van der Waals surface area contributed by atoms with E-state index in [0.717, 1.165) is 17.1 Å². The molecule has 110 valence electrons. The van der Waals surface area contributed by atoms with Gasteiger partial charge in [0.15, 0.2) is 0 Å². The fourth-order valence-corrected chi connectivity index (χ4v) is 3.09. The summed E-state index contributed by atoms with van der Waals surface area (Å²) in [5, 5.41) is 2.59. The first-order valence-electron chi connectivity index (χ1n) is 7.01. The summed E-state index contributed by atoms with van der Waals surface area (Å²) in [4.78, 5) is 23.2. The van der Waals surface area contributed by atoms with Gasteiger partial charge in [0, 0.05) is 30.8 Å². The van der Waals surface area contributed by atoms with E-state index in [1.165, 1.54) is 11.3 Å². The molecule has 0 aliphatic carbocycles. The molecule has 3 rings (SSSR count). The number of nitrogens with zero attached hydrogens (tertiary/aromatic N) is 3. The van der Waals surface area contributed by atoms with Crippen molar-refractivity contribution in [2.45, 2.75) is 19.4 Å². The molecule has 21 heavy (non-hydrogen) atoms. The van der Waals surface area contributed by atoms with Gasteiger partial charge in [-0.15, -0.1) is 11.3 Å². The molecule has 1 unspecified atom stereocenters. The van der Waals surface area contributed by atoms with Crippen LogP contribution >= 0.6 is 11.3 Å². The number of amides is 1. The van der Waals surface area contributed by atoms with Crippen molar-refractivity contribution in [3.63, 3.8) is 0 Å². The number of aromatic nitrogens is 2. The molecule has 1 saturated heterocycles. The Morgan fingerprint density at radius 1 is 1.43 bits per heavy atom. The highest BCUT2D eigenvalue weighted by atomic mass is 32.1. The summed E-state index contributed by atoms with van der Waals surface area (Å²) < 4.78 is 5.43. The van der Waals surface area contributed by atoms with Crippen LogP contribution in [0.15, 0.2) is 29.8 Å². The maximum absolute atomic E-state index is 12.6. The molecular weight excluding hydrogens is 286 g/mol. The SMILES string of the molecule is CC1CCOCCN1C(=O)c1csc(-c2ccccn2)n1. The van der Waals surface area contributed by atoms with Crippen LogP contribution in [0.5, 0.6) is 0 Å². The van der Waals surface area contributed by atoms with Crippen molar-refractivity contribution in [1.82, 2.24) is 14.9 Å². The molecule has 2 aromatic heterocycles. The number of hydrogen-bond acceptors (Lipinski definition) is 5. The van der Waals surface area contributed by atoms with Gasteiger partial charge in [-0.25, -0.2) is 4.98 Å². The van der Waals surface area contributed by atoms with Crippen molar-refractivity contribution in [3.8, 4) is 10.7 Å². The van der Waals surface area contributed by atoms with Gasteiger partial charge in [-0.1, -0.05) is 6.07 Å². The minimum absolute atomic E-state index is 0.0218. The maximum atomic E-state index is 12.6. The smallest absolute Gasteiger partial charge is 0.273 e. The van der Waals surface area contributed by atoms with E-state index in [1.54, 1.807) is 6.20 Å². The average molecular weight is 303 g/mol. The molecule has 1 aliphatic rings. The lowest BCUT2D eigenvalue weighted by molar-refractivity contribution is 0.0682. The highest BCUT2D eigenvalue weighted by Gasteiger charge is 2.25. The zero-order valence-corrected chi connectivity index (χ0v) is 12.7. The van der Waals surface area contributed by atoms with Crippen LogP contribution in [0.25, 0.3) is 10.7 Å². The topological polar surface area (TPSA) is 55.3 Å². The Kier molecular flexibility index (Phi) is 4.26. The molecule has 0 saturated carbocycles. The zero-order valence-electron chi connectivity index (χ0n) is 11.9. The van der Waals surface area contributed by atoms with Gasteiger partial charge in [-0.2, -0.15) is 0 Å². The molecule has 0 aromatic carbocycles. The Morgan fingerprint density at radius 2 is 2.33 bits per heavy atom. The molecule has 2 aromatic rings. The normalized spacial score (nSPS) is 19.3. The Morgan fingerprint density at radius 3 is 3.14 bits per heavy atom. The Hall–Kier alpha value is -1.79. The van der Waals surface area contributed by atoms with E-state index in [9.17, 15) is 4.79 Å². The quantitative estimate of drug-likeness (QED) is 0.855. The van der Waals surface area contributed by atoms with Crippen molar-refractivity contribution < 1.29 is 9.53 Å². The minimum atomic E-state index is -0.0218. The highest BCUT2D eigenvalue weighted by molar-refractivity contribution is 7.13. The lowest BCUT2D eigenvalue weighted by atomic mass is 10.2. The Bertz CT molecular complexity index is 614. The second kappa shape index (κ2) is 6.32. The molecule has 0 N–H and O–H groups in total. The number of carbonyl (C=O) groups excluding carboxylic acids is 1. The predicted molar refractivity (Wildman–Crippen MR) is 81.3 cm³/mol. The monoisotopic (exact) mass is 303 g/mol. The molecule has 1 amide bonds. The van der Waals surface area contributed by atoms with Crippen LogP contribution in [0, 0.1) is 0 Å². The van der Waals surface area contributed by atoms with E-state index in [0.29, 0.717) is 25.5 Å². The molecule has 6 heteroatoms. The van der Waals surface area contributed by atoms with Crippen molar-refractivity contribution in [1.29, 1.82) is 0 Å². The molecule has 0 bridgehead atoms. The van der Waals surface area contributed by atoms with E-state index in [-0.39, 0.29) is 11.9 Å². The third-order valence-electron chi connectivity index (χ3n) is 3.56. The molecule has 0 radical (unpaired) electrons.